The number of hydrogen-bond acceptors (Lipinski definition) is 2. The lowest BCUT2D eigenvalue weighted by atomic mass is 9.97. The molecule has 1 saturated heterocycles. The largest absolute Gasteiger partial charge is 0.497 e. The van der Waals surface area contributed by atoms with Crippen LogP contribution in [0.25, 0.3) is 10.9 Å². The van der Waals surface area contributed by atoms with Gasteiger partial charge in [0.05, 0.1) is 13.0 Å². The third kappa shape index (κ3) is 1.56. The van der Waals surface area contributed by atoms with Crippen LogP contribution in [-0.4, -0.2) is 36.5 Å². The molecule has 18 heavy (non-hydrogen) atoms. The standard InChI is InChI=1S/C14H16N2O2/c1-16-6-5-10(14(16)17)12-8-15-13-4-3-9(18-2)7-11(12)13/h3-4,7-8,10,15H,5-6H2,1-2H3. The normalized spacial score (nSPS) is 19.8. The van der Waals surface area contributed by atoms with E-state index in [0.29, 0.717) is 0 Å². The van der Waals surface area contributed by atoms with Crippen LogP contribution in [0, 0.1) is 0 Å². The zero-order valence-corrected chi connectivity index (χ0v) is 10.6. The highest BCUT2D eigenvalue weighted by Gasteiger charge is 2.31. The lowest BCUT2D eigenvalue weighted by Gasteiger charge is -2.09. The van der Waals surface area contributed by atoms with Crippen LogP contribution in [-0.2, 0) is 4.79 Å². The van der Waals surface area contributed by atoms with Crippen LogP contribution >= 0.6 is 0 Å². The number of rotatable bonds is 2. The summed E-state index contributed by atoms with van der Waals surface area (Å²) in [5.41, 5.74) is 2.13. The van der Waals surface area contributed by atoms with E-state index in [-0.39, 0.29) is 11.8 Å². The first-order valence-electron chi connectivity index (χ1n) is 6.10. The van der Waals surface area contributed by atoms with Crippen molar-refractivity contribution in [2.24, 2.45) is 0 Å². The molecule has 1 aromatic carbocycles. The topological polar surface area (TPSA) is 45.3 Å². The number of aromatic nitrogens is 1. The Hall–Kier alpha value is -1.97. The van der Waals surface area contributed by atoms with Crippen LogP contribution in [0.5, 0.6) is 5.75 Å². The van der Waals surface area contributed by atoms with Crippen LogP contribution in [0.3, 0.4) is 0 Å². The maximum Gasteiger partial charge on any atom is 0.230 e. The molecule has 1 fully saturated rings. The van der Waals surface area contributed by atoms with Crippen LogP contribution in [0.1, 0.15) is 17.9 Å². The maximum absolute atomic E-state index is 12.1. The van der Waals surface area contributed by atoms with Crippen molar-refractivity contribution in [1.82, 2.24) is 9.88 Å². The highest BCUT2D eigenvalue weighted by molar-refractivity contribution is 5.93. The number of ether oxygens (including phenoxy) is 1. The van der Waals surface area contributed by atoms with Gasteiger partial charge in [0.2, 0.25) is 5.91 Å². The fourth-order valence-corrected chi connectivity index (χ4v) is 2.65. The predicted octanol–water partition coefficient (Wildman–Crippen LogP) is 2.12. The minimum atomic E-state index is -0.0177. The van der Waals surface area contributed by atoms with E-state index in [1.54, 1.807) is 12.0 Å². The first kappa shape index (κ1) is 11.1. The van der Waals surface area contributed by atoms with Gasteiger partial charge in [0.15, 0.2) is 0 Å². The van der Waals surface area contributed by atoms with Gasteiger partial charge in [-0.15, -0.1) is 0 Å². The Morgan fingerprint density at radius 1 is 1.44 bits per heavy atom. The summed E-state index contributed by atoms with van der Waals surface area (Å²) >= 11 is 0. The molecule has 0 bridgehead atoms. The Balaban J connectivity index is 2.09. The summed E-state index contributed by atoms with van der Waals surface area (Å²) in [5, 5.41) is 1.09. The van der Waals surface area contributed by atoms with Gasteiger partial charge in [0.1, 0.15) is 5.75 Å². The number of H-pyrrole nitrogens is 1. The molecule has 1 aliphatic heterocycles. The molecule has 4 heteroatoms. The van der Waals surface area contributed by atoms with Crippen molar-refractivity contribution in [2.75, 3.05) is 20.7 Å². The Bertz CT molecular complexity index is 603. The molecule has 0 saturated carbocycles. The van der Waals surface area contributed by atoms with Crippen molar-refractivity contribution in [2.45, 2.75) is 12.3 Å². The Morgan fingerprint density at radius 2 is 2.28 bits per heavy atom. The molecular formula is C14H16N2O2. The highest BCUT2D eigenvalue weighted by atomic mass is 16.5. The number of aromatic amines is 1. The number of likely N-dealkylation sites (tertiary alicyclic amines) is 1. The summed E-state index contributed by atoms with van der Waals surface area (Å²) in [6.07, 6.45) is 2.84. The van der Waals surface area contributed by atoms with Gasteiger partial charge in [0, 0.05) is 30.7 Å². The van der Waals surface area contributed by atoms with E-state index in [1.165, 1.54) is 0 Å². The maximum atomic E-state index is 12.1. The van der Waals surface area contributed by atoms with Gasteiger partial charge < -0.3 is 14.6 Å². The van der Waals surface area contributed by atoms with E-state index in [9.17, 15) is 4.79 Å². The summed E-state index contributed by atoms with van der Waals surface area (Å²) < 4.78 is 5.25. The first-order chi connectivity index (χ1) is 8.70. The monoisotopic (exact) mass is 244 g/mol. The zero-order valence-electron chi connectivity index (χ0n) is 10.6. The third-order valence-electron chi connectivity index (χ3n) is 3.72. The molecule has 1 aliphatic rings. The molecule has 1 unspecified atom stereocenters. The van der Waals surface area contributed by atoms with Gasteiger partial charge in [-0.25, -0.2) is 0 Å². The van der Waals surface area contributed by atoms with Gasteiger partial charge in [-0.05, 0) is 30.2 Å². The molecule has 94 valence electrons. The minimum Gasteiger partial charge on any atom is -0.497 e. The summed E-state index contributed by atoms with van der Waals surface area (Å²) in [6, 6.07) is 5.90. The fraction of sp³-hybridized carbons (Fsp3) is 0.357. The van der Waals surface area contributed by atoms with Crippen molar-refractivity contribution < 1.29 is 9.53 Å². The second kappa shape index (κ2) is 4.05. The van der Waals surface area contributed by atoms with E-state index < -0.39 is 0 Å². The van der Waals surface area contributed by atoms with Gasteiger partial charge in [-0.1, -0.05) is 0 Å². The molecular weight excluding hydrogens is 228 g/mol. The van der Waals surface area contributed by atoms with Crippen LogP contribution in [0.2, 0.25) is 0 Å². The number of carbonyl (C=O) groups is 1. The number of nitrogens with one attached hydrogen (secondary N) is 1. The van der Waals surface area contributed by atoms with Crippen molar-refractivity contribution in [3.8, 4) is 5.75 Å². The number of benzene rings is 1. The molecule has 1 N–H and O–H groups in total. The second-order valence-corrected chi connectivity index (χ2v) is 4.76. The van der Waals surface area contributed by atoms with Gasteiger partial charge in [-0.3, -0.25) is 4.79 Å². The first-order valence-corrected chi connectivity index (χ1v) is 6.10. The molecule has 0 aliphatic carbocycles. The third-order valence-corrected chi connectivity index (χ3v) is 3.72. The Kier molecular flexibility index (Phi) is 2.51. The van der Waals surface area contributed by atoms with Crippen molar-refractivity contribution in [1.29, 1.82) is 0 Å². The molecule has 2 heterocycles. The highest BCUT2D eigenvalue weighted by Crippen LogP contribution is 2.34. The lowest BCUT2D eigenvalue weighted by Crippen LogP contribution is -2.21. The number of fused-ring (bicyclic) bond motifs is 1. The molecule has 1 amide bonds. The molecule has 2 aromatic rings. The molecule has 1 atom stereocenters. The number of amides is 1. The van der Waals surface area contributed by atoms with E-state index in [1.807, 2.05) is 31.4 Å². The Morgan fingerprint density at radius 3 is 2.94 bits per heavy atom. The quantitative estimate of drug-likeness (QED) is 0.879. The smallest absolute Gasteiger partial charge is 0.230 e. The van der Waals surface area contributed by atoms with Crippen molar-refractivity contribution in [3.63, 3.8) is 0 Å². The molecule has 3 rings (SSSR count). The molecule has 0 spiro atoms. The number of likely N-dealkylation sites (N-methyl/N-ethyl adjacent to an activating group) is 1. The van der Waals surface area contributed by atoms with Crippen LogP contribution < -0.4 is 4.74 Å². The van der Waals surface area contributed by atoms with E-state index in [0.717, 1.165) is 35.2 Å². The predicted molar refractivity (Wildman–Crippen MR) is 69.8 cm³/mol. The molecule has 4 nitrogen and oxygen atoms in total. The van der Waals surface area contributed by atoms with E-state index in [4.69, 9.17) is 4.74 Å². The van der Waals surface area contributed by atoms with Crippen molar-refractivity contribution >= 4 is 16.8 Å². The van der Waals surface area contributed by atoms with Crippen LogP contribution in [0.15, 0.2) is 24.4 Å². The summed E-state index contributed by atoms with van der Waals surface area (Å²) in [7, 11) is 3.51. The number of methoxy groups -OCH3 is 1. The fourth-order valence-electron chi connectivity index (χ4n) is 2.65. The van der Waals surface area contributed by atoms with Crippen LogP contribution in [0.4, 0.5) is 0 Å². The number of nitrogens with zero attached hydrogens (tertiary/aromatic N) is 1. The lowest BCUT2D eigenvalue weighted by molar-refractivity contribution is -0.127. The summed E-state index contributed by atoms with van der Waals surface area (Å²) in [4.78, 5) is 17.1. The Labute approximate surface area is 106 Å². The van der Waals surface area contributed by atoms with E-state index >= 15 is 0 Å². The van der Waals surface area contributed by atoms with E-state index in [2.05, 4.69) is 4.98 Å². The summed E-state index contributed by atoms with van der Waals surface area (Å²) in [5.74, 6) is 1.01. The SMILES string of the molecule is COc1ccc2[nH]cc(C3CCN(C)C3=O)c2c1. The van der Waals surface area contributed by atoms with Gasteiger partial charge in [-0.2, -0.15) is 0 Å². The number of hydrogen-bond donors (Lipinski definition) is 1. The van der Waals surface area contributed by atoms with Crippen molar-refractivity contribution in [3.05, 3.63) is 30.0 Å². The minimum absolute atomic E-state index is 0.0177. The van der Waals surface area contributed by atoms with Gasteiger partial charge in [0.25, 0.3) is 0 Å². The zero-order chi connectivity index (χ0) is 12.7. The summed E-state index contributed by atoms with van der Waals surface area (Å²) in [6.45, 7) is 0.833. The molecule has 1 aromatic heterocycles. The number of carbonyl (C=O) groups excluding carboxylic acids is 1. The molecule has 0 radical (unpaired) electrons. The second-order valence-electron chi connectivity index (χ2n) is 4.76. The average molecular weight is 244 g/mol. The van der Waals surface area contributed by atoms with Gasteiger partial charge >= 0.3 is 0 Å². The average Bonchev–Trinajstić information content (AvgIpc) is 2.94.